The molecule has 1 aromatic heterocycles. The van der Waals surface area contributed by atoms with Crippen LogP contribution in [0.5, 0.6) is 5.88 Å². The fourth-order valence-electron chi connectivity index (χ4n) is 2.94. The van der Waals surface area contributed by atoms with Gasteiger partial charge in [0, 0.05) is 33.1 Å². The number of ether oxygens (including phenoxy) is 1. The molecule has 1 fully saturated rings. The predicted molar refractivity (Wildman–Crippen MR) is 96.9 cm³/mol. The number of aromatic nitrogens is 2. The van der Waals surface area contributed by atoms with Gasteiger partial charge in [-0.2, -0.15) is 0 Å². The van der Waals surface area contributed by atoms with Crippen LogP contribution in [0.15, 0.2) is 36.4 Å². The van der Waals surface area contributed by atoms with Crippen LogP contribution in [0.2, 0.25) is 0 Å². The fraction of sp³-hybridized carbons (Fsp3) is 0.421. The SMILES string of the molecule is Cc1cccc(CC(=O)N2CC[C@@H](Oc3ccc(N(C)C)nn3)C2)c1. The number of aryl methyl sites for hydroxylation is 1. The molecular formula is C19H24N4O2. The molecule has 2 heterocycles. The van der Waals surface area contributed by atoms with E-state index in [0.717, 1.165) is 24.3 Å². The number of rotatable bonds is 5. The number of benzene rings is 1. The smallest absolute Gasteiger partial charge is 0.233 e. The first-order chi connectivity index (χ1) is 12.0. The van der Waals surface area contributed by atoms with Crippen LogP contribution in [0.3, 0.4) is 0 Å². The number of nitrogens with zero attached hydrogens (tertiary/aromatic N) is 4. The Bertz CT molecular complexity index is 730. The maximum absolute atomic E-state index is 12.5. The third-order valence-corrected chi connectivity index (χ3v) is 4.31. The molecule has 0 bridgehead atoms. The lowest BCUT2D eigenvalue weighted by Gasteiger charge is -2.17. The molecule has 1 amide bonds. The lowest BCUT2D eigenvalue weighted by atomic mass is 10.1. The molecule has 0 radical (unpaired) electrons. The second-order valence-corrected chi connectivity index (χ2v) is 6.66. The van der Waals surface area contributed by atoms with E-state index >= 15 is 0 Å². The van der Waals surface area contributed by atoms with Crippen LogP contribution in [0.25, 0.3) is 0 Å². The van der Waals surface area contributed by atoms with Gasteiger partial charge in [-0.3, -0.25) is 4.79 Å². The number of likely N-dealkylation sites (tertiary alicyclic amines) is 1. The molecule has 0 N–H and O–H groups in total. The van der Waals surface area contributed by atoms with Gasteiger partial charge in [-0.25, -0.2) is 0 Å². The van der Waals surface area contributed by atoms with Gasteiger partial charge in [-0.1, -0.05) is 29.8 Å². The van der Waals surface area contributed by atoms with E-state index in [0.29, 0.717) is 18.8 Å². The highest BCUT2D eigenvalue weighted by Gasteiger charge is 2.27. The lowest BCUT2D eigenvalue weighted by Crippen LogP contribution is -2.32. The van der Waals surface area contributed by atoms with Gasteiger partial charge in [0.2, 0.25) is 11.8 Å². The molecule has 1 atom stereocenters. The van der Waals surface area contributed by atoms with E-state index in [2.05, 4.69) is 16.3 Å². The van der Waals surface area contributed by atoms with Gasteiger partial charge in [0.25, 0.3) is 0 Å². The summed E-state index contributed by atoms with van der Waals surface area (Å²) < 4.78 is 5.87. The highest BCUT2D eigenvalue weighted by atomic mass is 16.5. The molecule has 1 aromatic carbocycles. The Morgan fingerprint density at radius 1 is 1.28 bits per heavy atom. The number of hydrogen-bond acceptors (Lipinski definition) is 5. The Balaban J connectivity index is 1.53. The molecule has 3 rings (SSSR count). The zero-order valence-corrected chi connectivity index (χ0v) is 15.0. The second kappa shape index (κ2) is 7.51. The van der Waals surface area contributed by atoms with Crippen LogP contribution in [0.4, 0.5) is 5.82 Å². The van der Waals surface area contributed by atoms with E-state index in [4.69, 9.17) is 4.74 Å². The molecule has 1 saturated heterocycles. The molecular weight excluding hydrogens is 316 g/mol. The van der Waals surface area contributed by atoms with Crippen molar-refractivity contribution in [1.82, 2.24) is 15.1 Å². The van der Waals surface area contributed by atoms with E-state index < -0.39 is 0 Å². The van der Waals surface area contributed by atoms with Crippen molar-refractivity contribution in [3.05, 3.63) is 47.5 Å². The third-order valence-electron chi connectivity index (χ3n) is 4.31. The monoisotopic (exact) mass is 340 g/mol. The van der Waals surface area contributed by atoms with Gasteiger partial charge >= 0.3 is 0 Å². The molecule has 1 aliphatic rings. The number of amides is 1. The lowest BCUT2D eigenvalue weighted by molar-refractivity contribution is -0.129. The zero-order chi connectivity index (χ0) is 17.8. The minimum absolute atomic E-state index is 0.0269. The first-order valence-electron chi connectivity index (χ1n) is 8.52. The zero-order valence-electron chi connectivity index (χ0n) is 15.0. The van der Waals surface area contributed by atoms with Crippen LogP contribution in [-0.2, 0) is 11.2 Å². The Morgan fingerprint density at radius 3 is 2.80 bits per heavy atom. The standard InChI is InChI=1S/C19H24N4O2/c1-14-5-4-6-15(11-14)12-19(24)23-10-9-16(13-23)25-18-8-7-17(20-21-18)22(2)3/h4-8,11,16H,9-10,12-13H2,1-3H3/t16-/m1/s1. The summed E-state index contributed by atoms with van der Waals surface area (Å²) >= 11 is 0. The van der Waals surface area contributed by atoms with Gasteiger partial charge in [0.15, 0.2) is 5.82 Å². The fourth-order valence-corrected chi connectivity index (χ4v) is 2.94. The van der Waals surface area contributed by atoms with Gasteiger partial charge < -0.3 is 14.5 Å². The Kier molecular flexibility index (Phi) is 5.16. The van der Waals surface area contributed by atoms with Crippen LogP contribution in [0, 0.1) is 6.92 Å². The van der Waals surface area contributed by atoms with E-state index in [-0.39, 0.29) is 12.0 Å². The quantitative estimate of drug-likeness (QED) is 0.834. The highest BCUT2D eigenvalue weighted by Crippen LogP contribution is 2.18. The van der Waals surface area contributed by atoms with Gasteiger partial charge in [0.1, 0.15) is 6.10 Å². The summed E-state index contributed by atoms with van der Waals surface area (Å²) in [7, 11) is 3.83. The van der Waals surface area contributed by atoms with E-state index in [1.54, 1.807) is 0 Å². The van der Waals surface area contributed by atoms with Gasteiger partial charge in [0.05, 0.1) is 13.0 Å². The molecule has 0 unspecified atom stereocenters. The average molecular weight is 340 g/mol. The van der Waals surface area contributed by atoms with Crippen LogP contribution >= 0.6 is 0 Å². The van der Waals surface area contributed by atoms with E-state index in [9.17, 15) is 4.79 Å². The Morgan fingerprint density at radius 2 is 2.12 bits per heavy atom. The second-order valence-electron chi connectivity index (χ2n) is 6.66. The number of anilines is 1. The average Bonchev–Trinajstić information content (AvgIpc) is 3.04. The first kappa shape index (κ1) is 17.2. The highest BCUT2D eigenvalue weighted by molar-refractivity contribution is 5.79. The van der Waals surface area contributed by atoms with Crippen molar-refractivity contribution in [1.29, 1.82) is 0 Å². The summed E-state index contributed by atoms with van der Waals surface area (Å²) in [5.41, 5.74) is 2.23. The Hall–Kier alpha value is -2.63. The molecule has 0 spiro atoms. The van der Waals surface area contributed by atoms with E-state index in [1.807, 2.05) is 61.2 Å². The molecule has 6 heteroatoms. The summed E-state index contributed by atoms with van der Waals surface area (Å²) in [6.45, 7) is 3.36. The van der Waals surface area contributed by atoms with Gasteiger partial charge in [-0.15, -0.1) is 10.2 Å². The topological polar surface area (TPSA) is 58.6 Å². The maximum Gasteiger partial charge on any atom is 0.233 e. The molecule has 25 heavy (non-hydrogen) atoms. The molecule has 132 valence electrons. The molecule has 2 aromatic rings. The summed E-state index contributed by atoms with van der Waals surface area (Å²) in [5.74, 6) is 1.43. The summed E-state index contributed by atoms with van der Waals surface area (Å²) in [4.78, 5) is 16.2. The molecule has 0 aliphatic carbocycles. The predicted octanol–water partition coefficient (Wildman–Crippen LogP) is 2.07. The number of hydrogen-bond donors (Lipinski definition) is 0. The van der Waals surface area contributed by atoms with Crippen LogP contribution in [-0.4, -0.2) is 54.3 Å². The van der Waals surface area contributed by atoms with Crippen molar-refractivity contribution in [2.24, 2.45) is 0 Å². The van der Waals surface area contributed by atoms with Crippen molar-refractivity contribution >= 4 is 11.7 Å². The van der Waals surface area contributed by atoms with Crippen molar-refractivity contribution in [2.45, 2.75) is 25.9 Å². The van der Waals surface area contributed by atoms with Crippen LogP contribution < -0.4 is 9.64 Å². The number of carbonyl (C=O) groups excluding carboxylic acids is 1. The number of carbonyl (C=O) groups is 1. The normalized spacial score (nSPS) is 16.8. The minimum Gasteiger partial charge on any atom is -0.471 e. The van der Waals surface area contributed by atoms with Crippen LogP contribution in [0.1, 0.15) is 17.5 Å². The summed E-state index contributed by atoms with van der Waals surface area (Å²) in [5, 5.41) is 8.20. The first-order valence-corrected chi connectivity index (χ1v) is 8.52. The molecule has 1 aliphatic heterocycles. The minimum atomic E-state index is -0.0269. The molecule has 6 nitrogen and oxygen atoms in total. The van der Waals surface area contributed by atoms with Crippen molar-refractivity contribution in [3.63, 3.8) is 0 Å². The largest absolute Gasteiger partial charge is 0.471 e. The maximum atomic E-state index is 12.5. The summed E-state index contributed by atoms with van der Waals surface area (Å²) in [6, 6.07) is 11.8. The van der Waals surface area contributed by atoms with Crippen molar-refractivity contribution in [3.8, 4) is 5.88 Å². The van der Waals surface area contributed by atoms with E-state index in [1.165, 1.54) is 5.56 Å². The van der Waals surface area contributed by atoms with Gasteiger partial charge in [-0.05, 0) is 18.6 Å². The third kappa shape index (κ3) is 4.47. The Labute approximate surface area is 148 Å². The molecule has 0 saturated carbocycles. The summed E-state index contributed by atoms with van der Waals surface area (Å²) in [6.07, 6.45) is 1.23. The van der Waals surface area contributed by atoms with Crippen molar-refractivity contribution in [2.75, 3.05) is 32.1 Å². The van der Waals surface area contributed by atoms with Crippen molar-refractivity contribution < 1.29 is 9.53 Å².